The lowest BCUT2D eigenvalue weighted by atomic mass is 10.0. The highest BCUT2D eigenvalue weighted by Gasteiger charge is 2.29. The molecular formula is C24H32N4O2. The van der Waals surface area contributed by atoms with E-state index in [1.54, 1.807) is 0 Å². The molecule has 1 aliphatic heterocycles. The van der Waals surface area contributed by atoms with E-state index in [2.05, 4.69) is 33.0 Å². The van der Waals surface area contributed by atoms with E-state index < -0.39 is 6.04 Å². The molecule has 30 heavy (non-hydrogen) atoms. The highest BCUT2D eigenvalue weighted by molar-refractivity contribution is 5.87. The van der Waals surface area contributed by atoms with Gasteiger partial charge in [0.1, 0.15) is 6.04 Å². The van der Waals surface area contributed by atoms with E-state index >= 15 is 0 Å². The van der Waals surface area contributed by atoms with E-state index in [9.17, 15) is 9.59 Å². The molecule has 1 fully saturated rings. The predicted octanol–water partition coefficient (Wildman–Crippen LogP) is 2.90. The van der Waals surface area contributed by atoms with Crippen molar-refractivity contribution < 1.29 is 9.59 Å². The van der Waals surface area contributed by atoms with Crippen LogP contribution in [0.3, 0.4) is 0 Å². The van der Waals surface area contributed by atoms with Crippen molar-refractivity contribution in [2.24, 2.45) is 5.92 Å². The molecule has 1 aliphatic rings. The van der Waals surface area contributed by atoms with Crippen LogP contribution in [0, 0.1) is 5.92 Å². The first-order valence-electron chi connectivity index (χ1n) is 10.7. The topological polar surface area (TPSA) is 73.5 Å². The van der Waals surface area contributed by atoms with Crippen molar-refractivity contribution in [3.8, 4) is 0 Å². The third-order valence-electron chi connectivity index (χ3n) is 5.40. The third-order valence-corrected chi connectivity index (χ3v) is 5.40. The van der Waals surface area contributed by atoms with E-state index in [1.807, 2.05) is 62.4 Å². The Labute approximate surface area is 179 Å². The van der Waals surface area contributed by atoms with Gasteiger partial charge in [0.05, 0.1) is 0 Å². The molecule has 1 saturated heterocycles. The zero-order valence-electron chi connectivity index (χ0n) is 17.8. The maximum atomic E-state index is 12.8. The minimum atomic E-state index is -0.566. The number of rotatable bonds is 8. The summed E-state index contributed by atoms with van der Waals surface area (Å²) in [6.45, 7) is 6.98. The molecule has 3 amide bonds. The normalized spacial score (nSPS) is 17.5. The second kappa shape index (κ2) is 10.8. The molecule has 160 valence electrons. The molecule has 2 aromatic carbocycles. The minimum Gasteiger partial charge on any atom is -0.350 e. The van der Waals surface area contributed by atoms with E-state index in [0.29, 0.717) is 6.54 Å². The van der Waals surface area contributed by atoms with Crippen molar-refractivity contribution in [2.75, 3.05) is 13.1 Å². The highest BCUT2D eigenvalue weighted by atomic mass is 16.2. The minimum absolute atomic E-state index is 0.00528. The SMILES string of the molecule is CC(C)[C@@H](NC(=O)NCc1ccccc1)C(=O)N[C@@H]1CCN(Cc2ccccc2)C1. The fourth-order valence-corrected chi connectivity index (χ4v) is 3.73. The smallest absolute Gasteiger partial charge is 0.315 e. The average molecular weight is 409 g/mol. The molecule has 6 nitrogen and oxygen atoms in total. The molecule has 0 unspecified atom stereocenters. The summed E-state index contributed by atoms with van der Waals surface area (Å²) in [5.74, 6) is -0.124. The second-order valence-electron chi connectivity index (χ2n) is 8.25. The van der Waals surface area contributed by atoms with Crippen molar-refractivity contribution in [1.82, 2.24) is 20.9 Å². The lowest BCUT2D eigenvalue weighted by molar-refractivity contribution is -0.124. The zero-order chi connectivity index (χ0) is 21.3. The number of amides is 3. The molecule has 2 aromatic rings. The number of likely N-dealkylation sites (tertiary alicyclic amines) is 1. The molecule has 0 aliphatic carbocycles. The summed E-state index contributed by atoms with van der Waals surface area (Å²) in [6.07, 6.45) is 0.920. The number of nitrogens with zero attached hydrogens (tertiary/aromatic N) is 1. The van der Waals surface area contributed by atoms with Crippen LogP contribution in [0.4, 0.5) is 4.79 Å². The maximum Gasteiger partial charge on any atom is 0.315 e. The average Bonchev–Trinajstić information content (AvgIpc) is 3.18. The number of carbonyl (C=O) groups excluding carboxylic acids is 2. The van der Waals surface area contributed by atoms with Crippen LogP contribution in [0.15, 0.2) is 60.7 Å². The molecule has 0 saturated carbocycles. The van der Waals surface area contributed by atoms with Crippen LogP contribution < -0.4 is 16.0 Å². The van der Waals surface area contributed by atoms with Gasteiger partial charge in [0.15, 0.2) is 0 Å². The van der Waals surface area contributed by atoms with Crippen LogP contribution in [-0.2, 0) is 17.9 Å². The first-order chi connectivity index (χ1) is 14.5. The number of nitrogens with one attached hydrogen (secondary N) is 3. The van der Waals surface area contributed by atoms with Gasteiger partial charge in [-0.3, -0.25) is 9.69 Å². The van der Waals surface area contributed by atoms with Crippen LogP contribution in [0.25, 0.3) is 0 Å². The highest BCUT2D eigenvalue weighted by Crippen LogP contribution is 2.14. The van der Waals surface area contributed by atoms with Crippen LogP contribution in [0.1, 0.15) is 31.4 Å². The monoisotopic (exact) mass is 408 g/mol. The molecule has 2 atom stereocenters. The standard InChI is InChI=1S/C24H32N4O2/c1-18(2)22(27-24(30)25-15-19-9-5-3-6-10-19)23(29)26-21-13-14-28(17-21)16-20-11-7-4-8-12-20/h3-12,18,21-22H,13-17H2,1-2H3,(H,26,29)(H2,25,27,30)/t21-,22-/m1/s1. The Hall–Kier alpha value is -2.86. The Kier molecular flexibility index (Phi) is 7.85. The molecule has 0 bridgehead atoms. The summed E-state index contributed by atoms with van der Waals surface area (Å²) >= 11 is 0. The van der Waals surface area contributed by atoms with Gasteiger partial charge in [0, 0.05) is 32.2 Å². The fourth-order valence-electron chi connectivity index (χ4n) is 3.73. The first-order valence-corrected chi connectivity index (χ1v) is 10.7. The third kappa shape index (κ3) is 6.59. The second-order valence-corrected chi connectivity index (χ2v) is 8.25. The summed E-state index contributed by atoms with van der Waals surface area (Å²) in [5.41, 5.74) is 2.30. The number of hydrogen-bond acceptors (Lipinski definition) is 3. The quantitative estimate of drug-likeness (QED) is 0.629. The van der Waals surface area contributed by atoms with Gasteiger partial charge in [-0.1, -0.05) is 74.5 Å². The van der Waals surface area contributed by atoms with Gasteiger partial charge in [-0.25, -0.2) is 4.79 Å². The number of hydrogen-bond donors (Lipinski definition) is 3. The van der Waals surface area contributed by atoms with Gasteiger partial charge in [0.2, 0.25) is 5.91 Å². The van der Waals surface area contributed by atoms with Crippen LogP contribution in [0.5, 0.6) is 0 Å². The fraction of sp³-hybridized carbons (Fsp3) is 0.417. The van der Waals surface area contributed by atoms with Gasteiger partial charge in [-0.05, 0) is 23.5 Å². The molecule has 0 radical (unpaired) electrons. The summed E-state index contributed by atoms with van der Waals surface area (Å²) in [4.78, 5) is 27.5. The van der Waals surface area contributed by atoms with Gasteiger partial charge >= 0.3 is 6.03 Å². The van der Waals surface area contributed by atoms with E-state index in [-0.39, 0.29) is 23.9 Å². The molecule has 3 N–H and O–H groups in total. The summed E-state index contributed by atoms with van der Waals surface area (Å²) in [5, 5.41) is 8.80. The Bertz CT molecular complexity index is 810. The number of urea groups is 1. The Balaban J connectivity index is 1.46. The molecule has 3 rings (SSSR count). The molecular weight excluding hydrogens is 376 g/mol. The Morgan fingerprint density at radius 1 is 1.00 bits per heavy atom. The lowest BCUT2D eigenvalue weighted by Gasteiger charge is -2.24. The van der Waals surface area contributed by atoms with Gasteiger partial charge in [-0.15, -0.1) is 0 Å². The van der Waals surface area contributed by atoms with Crippen molar-refractivity contribution in [2.45, 2.75) is 45.4 Å². The largest absolute Gasteiger partial charge is 0.350 e. The molecule has 0 spiro atoms. The van der Waals surface area contributed by atoms with Gasteiger partial charge in [-0.2, -0.15) is 0 Å². The van der Waals surface area contributed by atoms with Crippen molar-refractivity contribution in [3.63, 3.8) is 0 Å². The number of benzene rings is 2. The predicted molar refractivity (Wildman–Crippen MR) is 119 cm³/mol. The maximum absolute atomic E-state index is 12.8. The summed E-state index contributed by atoms with van der Waals surface area (Å²) in [7, 11) is 0. The van der Waals surface area contributed by atoms with Crippen molar-refractivity contribution in [1.29, 1.82) is 0 Å². The van der Waals surface area contributed by atoms with Crippen LogP contribution >= 0.6 is 0 Å². The van der Waals surface area contributed by atoms with Gasteiger partial charge < -0.3 is 16.0 Å². The van der Waals surface area contributed by atoms with E-state index in [4.69, 9.17) is 0 Å². The van der Waals surface area contributed by atoms with Crippen LogP contribution in [0.2, 0.25) is 0 Å². The Morgan fingerprint density at radius 3 is 2.27 bits per heavy atom. The van der Waals surface area contributed by atoms with Crippen molar-refractivity contribution in [3.05, 3.63) is 71.8 Å². The van der Waals surface area contributed by atoms with E-state index in [1.165, 1.54) is 5.56 Å². The van der Waals surface area contributed by atoms with E-state index in [0.717, 1.165) is 31.6 Å². The lowest BCUT2D eigenvalue weighted by Crippen LogP contribution is -2.54. The Morgan fingerprint density at radius 2 is 1.63 bits per heavy atom. The number of carbonyl (C=O) groups is 2. The molecule has 6 heteroatoms. The zero-order valence-corrected chi connectivity index (χ0v) is 17.8. The van der Waals surface area contributed by atoms with Crippen LogP contribution in [-0.4, -0.2) is 42.0 Å². The van der Waals surface area contributed by atoms with Crippen molar-refractivity contribution >= 4 is 11.9 Å². The van der Waals surface area contributed by atoms with Gasteiger partial charge in [0.25, 0.3) is 0 Å². The molecule has 0 aromatic heterocycles. The summed E-state index contributed by atoms with van der Waals surface area (Å²) < 4.78 is 0. The first kappa shape index (κ1) is 21.8. The summed E-state index contributed by atoms with van der Waals surface area (Å²) in [6, 6.07) is 19.3. The molecule has 1 heterocycles.